The first-order valence-electron chi connectivity index (χ1n) is 6.19. The summed E-state index contributed by atoms with van der Waals surface area (Å²) in [7, 11) is 0. The highest BCUT2D eigenvalue weighted by molar-refractivity contribution is 6.07. The lowest BCUT2D eigenvalue weighted by Crippen LogP contribution is -1.99. The Morgan fingerprint density at radius 3 is 2.50 bits per heavy atom. The highest BCUT2D eigenvalue weighted by Crippen LogP contribution is 2.12. The van der Waals surface area contributed by atoms with Crippen LogP contribution in [0.15, 0.2) is 54.6 Å². The third-order valence-electron chi connectivity index (χ3n) is 2.91. The van der Waals surface area contributed by atoms with Gasteiger partial charge >= 0.3 is 5.97 Å². The van der Waals surface area contributed by atoms with Crippen molar-refractivity contribution in [1.82, 2.24) is 0 Å². The lowest BCUT2D eigenvalue weighted by atomic mass is 10.0. The Bertz CT molecular complexity index is 684. The summed E-state index contributed by atoms with van der Waals surface area (Å²) in [6.45, 7) is 1.92. The molecule has 2 aromatic carbocycles. The number of carbonyl (C=O) groups excluding carboxylic acids is 1. The van der Waals surface area contributed by atoms with Crippen molar-refractivity contribution in [2.45, 2.75) is 6.92 Å². The molecule has 3 heteroatoms. The second-order valence-corrected chi connectivity index (χ2v) is 4.46. The van der Waals surface area contributed by atoms with Gasteiger partial charge in [0.25, 0.3) is 0 Å². The Morgan fingerprint density at radius 2 is 1.80 bits per heavy atom. The zero-order chi connectivity index (χ0) is 14.5. The molecule has 0 aliphatic heterocycles. The molecule has 3 nitrogen and oxygen atoms in total. The summed E-state index contributed by atoms with van der Waals surface area (Å²) in [6, 6.07) is 13.9. The van der Waals surface area contributed by atoms with Gasteiger partial charge in [-0.3, -0.25) is 4.79 Å². The van der Waals surface area contributed by atoms with Crippen molar-refractivity contribution in [3.63, 3.8) is 0 Å². The molecule has 2 rings (SSSR count). The maximum atomic E-state index is 12.0. The van der Waals surface area contributed by atoms with Crippen LogP contribution in [0.5, 0.6) is 0 Å². The zero-order valence-corrected chi connectivity index (χ0v) is 11.0. The normalized spacial score (nSPS) is 10.7. The summed E-state index contributed by atoms with van der Waals surface area (Å²) in [6.07, 6.45) is 2.94. The van der Waals surface area contributed by atoms with Crippen LogP contribution in [0, 0.1) is 6.92 Å². The maximum absolute atomic E-state index is 12.0. The van der Waals surface area contributed by atoms with E-state index in [1.165, 1.54) is 18.2 Å². The Labute approximate surface area is 117 Å². The van der Waals surface area contributed by atoms with Gasteiger partial charge in [-0.05, 0) is 30.7 Å². The molecule has 100 valence electrons. The van der Waals surface area contributed by atoms with E-state index < -0.39 is 5.97 Å². The number of aryl methyl sites for hydroxylation is 1. The molecule has 1 N–H and O–H groups in total. The Morgan fingerprint density at radius 1 is 1.05 bits per heavy atom. The lowest BCUT2D eigenvalue weighted by Gasteiger charge is -2.00. The monoisotopic (exact) mass is 266 g/mol. The number of carboxylic acids is 1. The minimum absolute atomic E-state index is 0.145. The van der Waals surface area contributed by atoms with Gasteiger partial charge in [0, 0.05) is 5.56 Å². The number of allylic oxidation sites excluding steroid dienone is 1. The number of benzene rings is 2. The van der Waals surface area contributed by atoms with Crippen LogP contribution in [-0.4, -0.2) is 16.9 Å². The number of carbonyl (C=O) groups is 2. The first-order valence-corrected chi connectivity index (χ1v) is 6.19. The van der Waals surface area contributed by atoms with Crippen LogP contribution >= 0.6 is 0 Å². The fraction of sp³-hybridized carbons (Fsp3) is 0.0588. The summed E-state index contributed by atoms with van der Waals surface area (Å²) < 4.78 is 0. The van der Waals surface area contributed by atoms with Crippen molar-refractivity contribution in [3.8, 4) is 0 Å². The molecule has 0 spiro atoms. The molecule has 0 atom stereocenters. The minimum Gasteiger partial charge on any atom is -0.478 e. The third kappa shape index (κ3) is 3.20. The molecule has 0 saturated carbocycles. The number of ketones is 1. The molecule has 0 saturated heterocycles. The molecule has 0 amide bonds. The van der Waals surface area contributed by atoms with Gasteiger partial charge in [-0.15, -0.1) is 0 Å². The van der Waals surface area contributed by atoms with Gasteiger partial charge in [0.15, 0.2) is 5.78 Å². The molecule has 0 unspecified atom stereocenters. The minimum atomic E-state index is -1.01. The van der Waals surface area contributed by atoms with Gasteiger partial charge < -0.3 is 5.11 Å². The molecular weight excluding hydrogens is 252 g/mol. The first-order chi connectivity index (χ1) is 9.58. The fourth-order valence-electron chi connectivity index (χ4n) is 1.90. The van der Waals surface area contributed by atoms with Crippen molar-refractivity contribution < 1.29 is 14.7 Å². The van der Waals surface area contributed by atoms with E-state index in [4.69, 9.17) is 5.11 Å². The smallest absolute Gasteiger partial charge is 0.336 e. The molecule has 0 aromatic heterocycles. The average molecular weight is 266 g/mol. The molecular formula is C17H14O3. The Hall–Kier alpha value is -2.68. The first kappa shape index (κ1) is 13.7. The molecule has 0 aliphatic rings. The van der Waals surface area contributed by atoms with Crippen LogP contribution in [0.3, 0.4) is 0 Å². The largest absolute Gasteiger partial charge is 0.478 e. The van der Waals surface area contributed by atoms with Crippen LogP contribution in [-0.2, 0) is 0 Å². The van der Waals surface area contributed by atoms with E-state index in [2.05, 4.69) is 0 Å². The predicted octanol–water partition coefficient (Wildman–Crippen LogP) is 3.59. The SMILES string of the molecule is Cc1cccc(C(=O)C=Cc2ccccc2C(=O)O)c1. The van der Waals surface area contributed by atoms with E-state index in [-0.39, 0.29) is 11.3 Å². The standard InChI is InChI=1S/C17H14O3/c1-12-5-4-7-14(11-12)16(18)10-9-13-6-2-3-8-15(13)17(19)20/h2-11H,1H3,(H,19,20). The Balaban J connectivity index is 2.26. The molecule has 2 aromatic rings. The van der Waals surface area contributed by atoms with Crippen LogP contribution in [0.25, 0.3) is 6.08 Å². The van der Waals surface area contributed by atoms with E-state index in [1.54, 1.807) is 30.3 Å². The van der Waals surface area contributed by atoms with Gasteiger partial charge in [-0.1, -0.05) is 48.0 Å². The number of hydrogen-bond acceptors (Lipinski definition) is 2. The van der Waals surface area contributed by atoms with Crippen molar-refractivity contribution in [3.05, 3.63) is 76.9 Å². The highest BCUT2D eigenvalue weighted by Gasteiger charge is 2.07. The molecule has 0 aliphatic carbocycles. The van der Waals surface area contributed by atoms with E-state index in [0.717, 1.165) is 5.56 Å². The Kier molecular flexibility index (Phi) is 4.11. The van der Waals surface area contributed by atoms with Crippen LogP contribution in [0.1, 0.15) is 31.8 Å². The van der Waals surface area contributed by atoms with Gasteiger partial charge in [0.05, 0.1) is 5.56 Å². The molecule has 0 fully saturated rings. The number of rotatable bonds is 4. The lowest BCUT2D eigenvalue weighted by molar-refractivity contribution is 0.0696. The van der Waals surface area contributed by atoms with Crippen LogP contribution < -0.4 is 0 Å². The van der Waals surface area contributed by atoms with Crippen molar-refractivity contribution in [2.24, 2.45) is 0 Å². The van der Waals surface area contributed by atoms with E-state index in [1.807, 2.05) is 19.1 Å². The summed E-state index contributed by atoms with van der Waals surface area (Å²) in [4.78, 5) is 23.1. The predicted molar refractivity (Wildman–Crippen MR) is 77.9 cm³/mol. The quantitative estimate of drug-likeness (QED) is 0.679. The average Bonchev–Trinajstić information content (AvgIpc) is 2.45. The molecule has 0 radical (unpaired) electrons. The summed E-state index contributed by atoms with van der Waals surface area (Å²) in [5.41, 5.74) is 2.30. The zero-order valence-electron chi connectivity index (χ0n) is 11.0. The molecule has 20 heavy (non-hydrogen) atoms. The molecule has 0 heterocycles. The van der Waals surface area contributed by atoms with E-state index in [9.17, 15) is 9.59 Å². The molecule has 0 bridgehead atoms. The van der Waals surface area contributed by atoms with Gasteiger partial charge in [-0.25, -0.2) is 4.79 Å². The third-order valence-corrected chi connectivity index (χ3v) is 2.91. The fourth-order valence-corrected chi connectivity index (χ4v) is 1.90. The maximum Gasteiger partial charge on any atom is 0.336 e. The van der Waals surface area contributed by atoms with Crippen molar-refractivity contribution in [1.29, 1.82) is 0 Å². The van der Waals surface area contributed by atoms with Crippen LogP contribution in [0.4, 0.5) is 0 Å². The van der Waals surface area contributed by atoms with Crippen molar-refractivity contribution >= 4 is 17.8 Å². The van der Waals surface area contributed by atoms with Crippen molar-refractivity contribution in [2.75, 3.05) is 0 Å². The summed E-state index contributed by atoms with van der Waals surface area (Å²) in [5.74, 6) is -1.15. The number of hydrogen-bond donors (Lipinski definition) is 1. The van der Waals surface area contributed by atoms with E-state index >= 15 is 0 Å². The topological polar surface area (TPSA) is 54.4 Å². The van der Waals surface area contributed by atoms with Crippen LogP contribution in [0.2, 0.25) is 0 Å². The van der Waals surface area contributed by atoms with Gasteiger partial charge in [0.1, 0.15) is 0 Å². The summed E-state index contributed by atoms with van der Waals surface area (Å²) >= 11 is 0. The number of aromatic carboxylic acids is 1. The highest BCUT2D eigenvalue weighted by atomic mass is 16.4. The van der Waals surface area contributed by atoms with Gasteiger partial charge in [0.2, 0.25) is 0 Å². The van der Waals surface area contributed by atoms with Gasteiger partial charge in [-0.2, -0.15) is 0 Å². The second kappa shape index (κ2) is 5.97. The van der Waals surface area contributed by atoms with E-state index in [0.29, 0.717) is 11.1 Å². The summed E-state index contributed by atoms with van der Waals surface area (Å²) in [5, 5.41) is 9.07. The number of carboxylic acid groups (broad SMARTS) is 1. The second-order valence-electron chi connectivity index (χ2n) is 4.46.